The molecule has 4 nitrogen and oxygen atoms in total. The van der Waals surface area contributed by atoms with E-state index in [0.29, 0.717) is 0 Å². The second-order valence-corrected chi connectivity index (χ2v) is 10.3. The molecule has 0 radical (unpaired) electrons. The maximum atomic E-state index is 4.76. The first-order valence-electron chi connectivity index (χ1n) is 13.5. The molecule has 0 atom stereocenters. The molecule has 4 aromatic heterocycles. The number of hydrogen-bond acceptors (Lipinski definition) is 2. The van der Waals surface area contributed by atoms with Gasteiger partial charge in [-0.3, -0.25) is 9.55 Å². The molecule has 0 aliphatic carbocycles. The van der Waals surface area contributed by atoms with Crippen molar-refractivity contribution in [3.63, 3.8) is 0 Å². The minimum absolute atomic E-state index is 0.914. The molecule has 0 aliphatic heterocycles. The van der Waals surface area contributed by atoms with E-state index in [1.807, 2.05) is 30.6 Å². The molecule has 0 unspecified atom stereocenters. The fraction of sp³-hybridized carbons (Fsp3) is 0. The van der Waals surface area contributed by atoms with E-state index in [9.17, 15) is 0 Å². The molecular formula is C36H22N4. The Morgan fingerprint density at radius 3 is 1.95 bits per heavy atom. The SMILES string of the molecule is c1ccc(-n2c3ccccc3c3ccc(-n4c5ccccc5c5cc6ccc7cccnc7c6cc54)cc32)nc1. The summed E-state index contributed by atoms with van der Waals surface area (Å²) in [5, 5.41) is 8.44. The summed E-state index contributed by atoms with van der Waals surface area (Å²) in [6, 6.07) is 43.3. The second kappa shape index (κ2) is 8.01. The molecule has 0 amide bonds. The Kier molecular flexibility index (Phi) is 4.30. The quantitative estimate of drug-likeness (QED) is 0.218. The maximum absolute atomic E-state index is 4.76. The van der Waals surface area contributed by atoms with Crippen molar-refractivity contribution in [2.75, 3.05) is 0 Å². The van der Waals surface area contributed by atoms with E-state index in [1.54, 1.807) is 0 Å². The molecule has 0 saturated carbocycles. The lowest BCUT2D eigenvalue weighted by Crippen LogP contribution is -1.98. The van der Waals surface area contributed by atoms with Gasteiger partial charge in [0, 0.05) is 50.4 Å². The van der Waals surface area contributed by atoms with Crippen LogP contribution in [0.15, 0.2) is 134 Å². The lowest BCUT2D eigenvalue weighted by atomic mass is 10.0. The average molecular weight is 511 g/mol. The summed E-state index contributed by atoms with van der Waals surface area (Å²) in [6.07, 6.45) is 3.74. The summed E-state index contributed by atoms with van der Waals surface area (Å²) in [5.41, 5.74) is 6.79. The normalized spacial score (nSPS) is 12.0. The Bertz CT molecular complexity index is 2430. The monoisotopic (exact) mass is 510 g/mol. The van der Waals surface area contributed by atoms with Gasteiger partial charge in [0.1, 0.15) is 5.82 Å². The van der Waals surface area contributed by atoms with Crippen LogP contribution >= 0.6 is 0 Å². The standard InChI is InChI=1S/C36H22N4/c1-4-12-32-26(9-1)28-17-16-25(21-33(28)40(32)35-13-5-6-18-37-35)39-31-11-3-2-10-27(31)30-20-24-15-14-23-8-7-19-38-36(23)29(24)22-34(30)39/h1-22H. The van der Waals surface area contributed by atoms with Crippen molar-refractivity contribution in [3.8, 4) is 11.5 Å². The van der Waals surface area contributed by atoms with Crippen molar-refractivity contribution in [1.29, 1.82) is 0 Å². The Balaban J connectivity index is 1.42. The third-order valence-electron chi connectivity index (χ3n) is 8.17. The Morgan fingerprint density at radius 1 is 0.400 bits per heavy atom. The number of hydrogen-bond donors (Lipinski definition) is 0. The number of benzene rings is 5. The highest BCUT2D eigenvalue weighted by Gasteiger charge is 2.17. The summed E-state index contributed by atoms with van der Waals surface area (Å²) in [6.45, 7) is 0. The molecule has 186 valence electrons. The molecule has 0 fully saturated rings. The van der Waals surface area contributed by atoms with Gasteiger partial charge in [-0.05, 0) is 60.0 Å². The van der Waals surface area contributed by atoms with Gasteiger partial charge in [-0.25, -0.2) is 4.98 Å². The summed E-state index contributed by atoms with van der Waals surface area (Å²) < 4.78 is 4.67. The first kappa shape index (κ1) is 21.5. The van der Waals surface area contributed by atoms with Crippen LogP contribution in [-0.4, -0.2) is 19.1 Å². The fourth-order valence-electron chi connectivity index (χ4n) is 6.44. The Morgan fingerprint density at radius 2 is 1.10 bits per heavy atom. The first-order valence-corrected chi connectivity index (χ1v) is 13.5. The van der Waals surface area contributed by atoms with Crippen LogP contribution in [0.4, 0.5) is 0 Å². The van der Waals surface area contributed by atoms with Gasteiger partial charge in [0.2, 0.25) is 0 Å². The minimum Gasteiger partial charge on any atom is -0.309 e. The topological polar surface area (TPSA) is 35.6 Å². The summed E-state index contributed by atoms with van der Waals surface area (Å²) in [4.78, 5) is 9.49. The van der Waals surface area contributed by atoms with Gasteiger partial charge in [0.25, 0.3) is 0 Å². The second-order valence-electron chi connectivity index (χ2n) is 10.3. The zero-order chi connectivity index (χ0) is 26.2. The van der Waals surface area contributed by atoms with Gasteiger partial charge in [0.15, 0.2) is 0 Å². The van der Waals surface area contributed by atoms with Crippen LogP contribution in [0, 0.1) is 0 Å². The third kappa shape index (κ3) is 2.90. The number of pyridine rings is 2. The smallest absolute Gasteiger partial charge is 0.137 e. The van der Waals surface area contributed by atoms with Crippen LogP contribution in [0.3, 0.4) is 0 Å². The van der Waals surface area contributed by atoms with Crippen molar-refractivity contribution < 1.29 is 0 Å². The van der Waals surface area contributed by atoms with Gasteiger partial charge < -0.3 is 4.57 Å². The molecule has 9 rings (SSSR count). The van der Waals surface area contributed by atoms with Crippen LogP contribution in [0.1, 0.15) is 0 Å². The van der Waals surface area contributed by atoms with Gasteiger partial charge >= 0.3 is 0 Å². The maximum Gasteiger partial charge on any atom is 0.137 e. The zero-order valence-corrected chi connectivity index (χ0v) is 21.5. The van der Waals surface area contributed by atoms with Crippen molar-refractivity contribution in [2.24, 2.45) is 0 Å². The van der Waals surface area contributed by atoms with E-state index in [0.717, 1.165) is 33.4 Å². The lowest BCUT2D eigenvalue weighted by molar-refractivity contribution is 1.08. The highest BCUT2D eigenvalue weighted by atomic mass is 15.1. The predicted octanol–water partition coefficient (Wildman–Crippen LogP) is 8.98. The molecule has 0 bridgehead atoms. The fourth-order valence-corrected chi connectivity index (χ4v) is 6.44. The number of rotatable bonds is 2. The molecule has 0 saturated heterocycles. The van der Waals surface area contributed by atoms with E-state index in [-0.39, 0.29) is 0 Å². The predicted molar refractivity (Wildman–Crippen MR) is 166 cm³/mol. The zero-order valence-electron chi connectivity index (χ0n) is 21.5. The van der Waals surface area contributed by atoms with Crippen molar-refractivity contribution in [3.05, 3.63) is 134 Å². The van der Waals surface area contributed by atoms with E-state index in [4.69, 9.17) is 9.97 Å². The van der Waals surface area contributed by atoms with Crippen molar-refractivity contribution >= 4 is 65.3 Å². The highest BCUT2D eigenvalue weighted by molar-refractivity contribution is 6.17. The lowest BCUT2D eigenvalue weighted by Gasteiger charge is -2.11. The Hall–Kier alpha value is -5.48. The highest BCUT2D eigenvalue weighted by Crippen LogP contribution is 2.38. The molecule has 4 heteroatoms. The molecule has 4 heterocycles. The van der Waals surface area contributed by atoms with Gasteiger partial charge in [0.05, 0.1) is 27.6 Å². The van der Waals surface area contributed by atoms with Gasteiger partial charge in [-0.2, -0.15) is 0 Å². The molecule has 5 aromatic carbocycles. The van der Waals surface area contributed by atoms with Gasteiger partial charge in [-0.1, -0.05) is 66.7 Å². The van der Waals surface area contributed by atoms with E-state index >= 15 is 0 Å². The molecule has 40 heavy (non-hydrogen) atoms. The van der Waals surface area contributed by atoms with E-state index < -0.39 is 0 Å². The van der Waals surface area contributed by atoms with Crippen LogP contribution in [0.25, 0.3) is 76.8 Å². The van der Waals surface area contributed by atoms with E-state index in [1.165, 1.54) is 43.4 Å². The molecule has 9 aromatic rings. The van der Waals surface area contributed by atoms with Crippen LogP contribution in [-0.2, 0) is 0 Å². The minimum atomic E-state index is 0.914. The molecule has 0 aliphatic rings. The molecular weight excluding hydrogens is 488 g/mol. The molecule has 0 spiro atoms. The Labute approximate surface area is 229 Å². The van der Waals surface area contributed by atoms with E-state index in [2.05, 4.69) is 112 Å². The molecule has 0 N–H and O–H groups in total. The number of para-hydroxylation sites is 2. The number of fused-ring (bicyclic) bond motifs is 9. The van der Waals surface area contributed by atoms with Crippen molar-refractivity contribution in [2.45, 2.75) is 0 Å². The average Bonchev–Trinajstić information content (AvgIpc) is 3.52. The first-order chi connectivity index (χ1) is 19.8. The van der Waals surface area contributed by atoms with Crippen LogP contribution in [0.5, 0.6) is 0 Å². The summed E-state index contributed by atoms with van der Waals surface area (Å²) in [7, 11) is 0. The van der Waals surface area contributed by atoms with Crippen molar-refractivity contribution in [1.82, 2.24) is 19.1 Å². The van der Waals surface area contributed by atoms with Crippen LogP contribution < -0.4 is 0 Å². The number of nitrogens with zero attached hydrogens (tertiary/aromatic N) is 4. The largest absolute Gasteiger partial charge is 0.309 e. The summed E-state index contributed by atoms with van der Waals surface area (Å²) in [5.74, 6) is 0.914. The van der Waals surface area contributed by atoms with Gasteiger partial charge in [-0.15, -0.1) is 0 Å². The van der Waals surface area contributed by atoms with Crippen LogP contribution in [0.2, 0.25) is 0 Å². The number of aromatic nitrogens is 4. The third-order valence-corrected chi connectivity index (χ3v) is 8.17. The summed E-state index contributed by atoms with van der Waals surface area (Å²) >= 11 is 0.